The number of hydrogen-bond donors (Lipinski definition) is 1. The fourth-order valence-corrected chi connectivity index (χ4v) is 2.87. The molecule has 2 rings (SSSR count). The third-order valence-electron chi connectivity index (χ3n) is 4.01. The molecule has 0 radical (unpaired) electrons. The van der Waals surface area contributed by atoms with Crippen molar-refractivity contribution in [3.8, 4) is 11.5 Å². The van der Waals surface area contributed by atoms with E-state index in [-0.39, 0.29) is 5.54 Å². The third kappa shape index (κ3) is 2.54. The van der Waals surface area contributed by atoms with Gasteiger partial charge in [0.15, 0.2) is 11.5 Å². The number of ether oxygens (including phenoxy) is 2. The fraction of sp³-hybridized carbons (Fsp3) is 0.600. The largest absolute Gasteiger partial charge is 0.493 e. The number of benzene rings is 1. The van der Waals surface area contributed by atoms with Crippen LogP contribution in [0.5, 0.6) is 11.5 Å². The van der Waals surface area contributed by atoms with Crippen molar-refractivity contribution < 1.29 is 13.9 Å². The van der Waals surface area contributed by atoms with Crippen molar-refractivity contribution >= 4 is 0 Å². The van der Waals surface area contributed by atoms with Crippen molar-refractivity contribution in [2.24, 2.45) is 5.73 Å². The van der Waals surface area contributed by atoms with Crippen LogP contribution >= 0.6 is 0 Å². The van der Waals surface area contributed by atoms with Crippen LogP contribution in [0.15, 0.2) is 12.1 Å². The molecule has 0 heterocycles. The van der Waals surface area contributed by atoms with E-state index in [1.807, 2.05) is 12.1 Å². The van der Waals surface area contributed by atoms with Gasteiger partial charge in [-0.15, -0.1) is 0 Å². The van der Waals surface area contributed by atoms with Crippen LogP contribution < -0.4 is 15.2 Å². The molecular formula is C15H22FNO2. The first-order valence-electron chi connectivity index (χ1n) is 6.71. The second-order valence-corrected chi connectivity index (χ2v) is 5.28. The number of rotatable bonds is 4. The molecule has 0 aromatic heterocycles. The number of methoxy groups -OCH3 is 2. The van der Waals surface area contributed by atoms with Crippen LogP contribution in [-0.4, -0.2) is 14.2 Å². The van der Waals surface area contributed by atoms with Crippen LogP contribution in [0, 0.1) is 0 Å². The van der Waals surface area contributed by atoms with Crippen molar-refractivity contribution in [2.75, 3.05) is 14.2 Å². The molecule has 1 fully saturated rings. The van der Waals surface area contributed by atoms with Crippen LogP contribution in [0.3, 0.4) is 0 Å². The topological polar surface area (TPSA) is 44.5 Å². The van der Waals surface area contributed by atoms with Gasteiger partial charge in [0.1, 0.15) is 6.17 Å². The predicted octanol–water partition coefficient (Wildman–Crippen LogP) is 3.46. The number of alkyl halides is 1. The van der Waals surface area contributed by atoms with Gasteiger partial charge in [0, 0.05) is 11.1 Å². The van der Waals surface area contributed by atoms with E-state index in [2.05, 4.69) is 0 Å². The average molecular weight is 267 g/mol. The predicted molar refractivity (Wildman–Crippen MR) is 73.4 cm³/mol. The van der Waals surface area contributed by atoms with Gasteiger partial charge in [-0.3, -0.25) is 0 Å². The third-order valence-corrected chi connectivity index (χ3v) is 4.01. The Labute approximate surface area is 113 Å². The molecule has 0 saturated heterocycles. The molecule has 1 atom stereocenters. The lowest BCUT2D eigenvalue weighted by molar-refractivity contribution is 0.321. The number of hydrogen-bond acceptors (Lipinski definition) is 3. The van der Waals surface area contributed by atoms with Gasteiger partial charge in [-0.2, -0.15) is 0 Å². The first-order chi connectivity index (χ1) is 9.01. The quantitative estimate of drug-likeness (QED) is 0.908. The zero-order chi connectivity index (χ0) is 14.0. The van der Waals surface area contributed by atoms with Crippen molar-refractivity contribution in [3.05, 3.63) is 23.3 Å². The Morgan fingerprint density at radius 2 is 1.84 bits per heavy atom. The van der Waals surface area contributed by atoms with Crippen LogP contribution in [0.2, 0.25) is 0 Å². The van der Waals surface area contributed by atoms with Gasteiger partial charge >= 0.3 is 0 Å². The SMILES string of the molecule is COc1cc(C2(N)CCCC2)cc(C(C)F)c1OC. The van der Waals surface area contributed by atoms with E-state index in [9.17, 15) is 4.39 Å². The Kier molecular flexibility index (Phi) is 3.99. The zero-order valence-corrected chi connectivity index (χ0v) is 11.8. The molecule has 1 aliphatic carbocycles. The minimum absolute atomic E-state index is 0.358. The second-order valence-electron chi connectivity index (χ2n) is 5.28. The molecule has 1 saturated carbocycles. The van der Waals surface area contributed by atoms with E-state index >= 15 is 0 Å². The van der Waals surface area contributed by atoms with Gasteiger partial charge in [0.25, 0.3) is 0 Å². The van der Waals surface area contributed by atoms with Crippen LogP contribution in [0.25, 0.3) is 0 Å². The van der Waals surface area contributed by atoms with E-state index in [0.29, 0.717) is 17.1 Å². The van der Waals surface area contributed by atoms with Crippen molar-refractivity contribution in [1.82, 2.24) is 0 Å². The second kappa shape index (κ2) is 5.37. The number of nitrogens with two attached hydrogens (primary N) is 1. The van der Waals surface area contributed by atoms with Crippen molar-refractivity contribution in [3.63, 3.8) is 0 Å². The molecule has 1 aromatic carbocycles. The van der Waals surface area contributed by atoms with Crippen molar-refractivity contribution in [2.45, 2.75) is 44.3 Å². The minimum atomic E-state index is -1.12. The first kappa shape index (κ1) is 14.1. The van der Waals surface area contributed by atoms with Gasteiger partial charge in [0.2, 0.25) is 0 Å². The highest BCUT2D eigenvalue weighted by Crippen LogP contribution is 2.43. The maximum absolute atomic E-state index is 13.8. The summed E-state index contributed by atoms with van der Waals surface area (Å²) in [6, 6.07) is 3.72. The van der Waals surface area contributed by atoms with E-state index in [4.69, 9.17) is 15.2 Å². The van der Waals surface area contributed by atoms with E-state index < -0.39 is 6.17 Å². The van der Waals surface area contributed by atoms with Gasteiger partial charge in [0.05, 0.1) is 14.2 Å². The lowest BCUT2D eigenvalue weighted by Gasteiger charge is -2.26. The Morgan fingerprint density at radius 3 is 2.32 bits per heavy atom. The maximum Gasteiger partial charge on any atom is 0.166 e. The summed E-state index contributed by atoms with van der Waals surface area (Å²) >= 11 is 0. The van der Waals surface area contributed by atoms with Gasteiger partial charge in [-0.25, -0.2) is 4.39 Å². The summed E-state index contributed by atoms with van der Waals surface area (Å²) in [6.45, 7) is 1.50. The molecule has 0 amide bonds. The normalized spacial score (nSPS) is 19.2. The highest BCUT2D eigenvalue weighted by Gasteiger charge is 2.33. The lowest BCUT2D eigenvalue weighted by Crippen LogP contribution is -2.33. The molecule has 1 aromatic rings. The Morgan fingerprint density at radius 1 is 1.21 bits per heavy atom. The molecule has 0 spiro atoms. The molecule has 1 unspecified atom stereocenters. The van der Waals surface area contributed by atoms with Crippen LogP contribution in [0.1, 0.15) is 49.9 Å². The summed E-state index contributed by atoms with van der Waals surface area (Å²) in [5, 5.41) is 0. The smallest absolute Gasteiger partial charge is 0.166 e. The lowest BCUT2D eigenvalue weighted by atomic mass is 9.87. The average Bonchev–Trinajstić information content (AvgIpc) is 2.85. The summed E-state index contributed by atoms with van der Waals surface area (Å²) < 4.78 is 24.4. The Balaban J connectivity index is 2.54. The minimum Gasteiger partial charge on any atom is -0.493 e. The summed E-state index contributed by atoms with van der Waals surface area (Å²) in [4.78, 5) is 0. The Hall–Kier alpha value is -1.29. The molecule has 19 heavy (non-hydrogen) atoms. The van der Waals surface area contributed by atoms with Crippen molar-refractivity contribution in [1.29, 1.82) is 0 Å². The van der Waals surface area contributed by atoms with Crippen LogP contribution in [-0.2, 0) is 5.54 Å². The first-order valence-corrected chi connectivity index (χ1v) is 6.71. The molecule has 0 bridgehead atoms. The molecular weight excluding hydrogens is 245 g/mol. The van der Waals surface area contributed by atoms with E-state index in [0.717, 1.165) is 31.2 Å². The zero-order valence-electron chi connectivity index (χ0n) is 11.8. The van der Waals surface area contributed by atoms with Gasteiger partial charge in [-0.05, 0) is 37.5 Å². The summed E-state index contributed by atoms with van der Waals surface area (Å²) in [5.74, 6) is 1.01. The van der Waals surface area contributed by atoms with E-state index in [1.165, 1.54) is 14.0 Å². The van der Waals surface area contributed by atoms with Crippen LogP contribution in [0.4, 0.5) is 4.39 Å². The molecule has 3 nitrogen and oxygen atoms in total. The molecule has 4 heteroatoms. The highest BCUT2D eigenvalue weighted by atomic mass is 19.1. The number of halogens is 1. The van der Waals surface area contributed by atoms with Gasteiger partial charge in [-0.1, -0.05) is 12.8 Å². The summed E-state index contributed by atoms with van der Waals surface area (Å²) in [5.41, 5.74) is 7.54. The molecule has 106 valence electrons. The monoisotopic (exact) mass is 267 g/mol. The molecule has 2 N–H and O–H groups in total. The fourth-order valence-electron chi connectivity index (χ4n) is 2.87. The molecule has 0 aliphatic heterocycles. The Bertz CT molecular complexity index is 454. The highest BCUT2D eigenvalue weighted by molar-refractivity contribution is 5.52. The van der Waals surface area contributed by atoms with Gasteiger partial charge < -0.3 is 15.2 Å². The summed E-state index contributed by atoms with van der Waals surface area (Å²) in [6.07, 6.45) is 2.98. The molecule has 1 aliphatic rings. The maximum atomic E-state index is 13.8. The summed E-state index contributed by atoms with van der Waals surface area (Å²) in [7, 11) is 3.09. The standard InChI is InChI=1S/C15H22FNO2/c1-10(16)12-8-11(15(17)6-4-5-7-15)9-13(18-2)14(12)19-3/h8-10H,4-7,17H2,1-3H3. The van der Waals surface area contributed by atoms with E-state index in [1.54, 1.807) is 7.11 Å².